The number of nitrogens with one attached hydrogen (secondary N) is 1. The van der Waals surface area contributed by atoms with E-state index in [4.69, 9.17) is 4.74 Å². The largest absolute Gasteiger partial charge is 0.378 e. The van der Waals surface area contributed by atoms with Crippen LogP contribution in [0.4, 0.5) is 11.5 Å². The number of amides is 1. The fraction of sp³-hybridized carbons (Fsp3) is 0.286. The highest BCUT2D eigenvalue weighted by atomic mass is 32.1. The Kier molecular flexibility index (Phi) is 3.94. The Labute approximate surface area is 121 Å². The molecule has 0 aromatic carbocycles. The minimum Gasteiger partial charge on any atom is -0.378 e. The zero-order valence-electron chi connectivity index (χ0n) is 10.9. The van der Waals surface area contributed by atoms with Crippen LogP contribution in [0.5, 0.6) is 0 Å². The van der Waals surface area contributed by atoms with E-state index in [0.29, 0.717) is 11.4 Å². The second kappa shape index (κ2) is 6.02. The lowest BCUT2D eigenvalue weighted by atomic mass is 10.3. The van der Waals surface area contributed by atoms with Gasteiger partial charge in [-0.25, -0.2) is 4.98 Å². The highest BCUT2D eigenvalue weighted by Crippen LogP contribution is 2.17. The fourth-order valence-corrected chi connectivity index (χ4v) is 2.69. The Morgan fingerprint density at radius 1 is 1.30 bits per heavy atom. The number of rotatable bonds is 3. The monoisotopic (exact) mass is 289 g/mol. The van der Waals surface area contributed by atoms with Crippen LogP contribution in [0.1, 0.15) is 10.4 Å². The molecule has 6 heteroatoms. The molecule has 0 radical (unpaired) electrons. The molecule has 3 heterocycles. The van der Waals surface area contributed by atoms with Crippen LogP contribution in [-0.4, -0.2) is 37.2 Å². The zero-order chi connectivity index (χ0) is 13.8. The third kappa shape index (κ3) is 2.97. The van der Waals surface area contributed by atoms with Crippen LogP contribution in [0.15, 0.2) is 35.2 Å². The summed E-state index contributed by atoms with van der Waals surface area (Å²) in [5.74, 6) is 0.441. The van der Waals surface area contributed by atoms with E-state index in [1.807, 2.05) is 22.9 Å². The molecule has 1 N–H and O–H groups in total. The summed E-state index contributed by atoms with van der Waals surface area (Å²) in [5.41, 5.74) is 1.72. The standard InChI is InChI=1S/C14H15N3O2S/c18-14(11-3-8-20-10-11)16-13-2-1-12(9-15-13)17-4-6-19-7-5-17/h1-3,8-10H,4-7H2,(H,15,16,18). The summed E-state index contributed by atoms with van der Waals surface area (Å²) < 4.78 is 5.32. The summed E-state index contributed by atoms with van der Waals surface area (Å²) in [6, 6.07) is 5.60. The minimum atomic E-state index is -0.127. The SMILES string of the molecule is O=C(Nc1ccc(N2CCOCC2)cn1)c1ccsc1. The number of hydrogen-bond donors (Lipinski definition) is 1. The maximum absolute atomic E-state index is 11.9. The van der Waals surface area contributed by atoms with Crippen LogP contribution in [0.3, 0.4) is 0 Å². The van der Waals surface area contributed by atoms with E-state index in [0.717, 1.165) is 32.0 Å². The average Bonchev–Trinajstić information content (AvgIpc) is 3.03. The Bertz CT molecular complexity index is 563. The van der Waals surface area contributed by atoms with E-state index >= 15 is 0 Å². The number of anilines is 2. The van der Waals surface area contributed by atoms with Crippen molar-refractivity contribution >= 4 is 28.7 Å². The van der Waals surface area contributed by atoms with Crippen LogP contribution in [0, 0.1) is 0 Å². The van der Waals surface area contributed by atoms with Gasteiger partial charge in [0.1, 0.15) is 5.82 Å². The van der Waals surface area contributed by atoms with Crippen molar-refractivity contribution in [3.8, 4) is 0 Å². The number of morpholine rings is 1. The Morgan fingerprint density at radius 3 is 2.80 bits per heavy atom. The molecule has 1 aliphatic rings. The predicted octanol–water partition coefficient (Wildman–Crippen LogP) is 2.23. The topological polar surface area (TPSA) is 54.5 Å². The molecule has 1 fully saturated rings. The molecule has 104 valence electrons. The maximum Gasteiger partial charge on any atom is 0.257 e. The molecule has 0 unspecified atom stereocenters. The van der Waals surface area contributed by atoms with Gasteiger partial charge in [0.25, 0.3) is 5.91 Å². The van der Waals surface area contributed by atoms with Gasteiger partial charge >= 0.3 is 0 Å². The summed E-state index contributed by atoms with van der Waals surface area (Å²) in [6.07, 6.45) is 1.79. The van der Waals surface area contributed by atoms with Crippen molar-refractivity contribution in [2.75, 3.05) is 36.5 Å². The summed E-state index contributed by atoms with van der Waals surface area (Å²) in [7, 11) is 0. The fourth-order valence-electron chi connectivity index (χ4n) is 2.05. The molecule has 0 atom stereocenters. The molecule has 0 bridgehead atoms. The molecule has 2 aromatic rings. The highest BCUT2D eigenvalue weighted by Gasteiger charge is 2.12. The van der Waals surface area contributed by atoms with E-state index in [1.54, 1.807) is 12.3 Å². The number of nitrogens with zero attached hydrogens (tertiary/aromatic N) is 2. The molecule has 0 spiro atoms. The van der Waals surface area contributed by atoms with Gasteiger partial charge < -0.3 is 15.0 Å². The number of aromatic nitrogens is 1. The number of carbonyl (C=O) groups excluding carboxylic acids is 1. The van der Waals surface area contributed by atoms with E-state index < -0.39 is 0 Å². The van der Waals surface area contributed by atoms with Crippen molar-refractivity contribution in [1.29, 1.82) is 0 Å². The number of hydrogen-bond acceptors (Lipinski definition) is 5. The number of ether oxygens (including phenoxy) is 1. The molecule has 1 amide bonds. The molecule has 3 rings (SSSR count). The van der Waals surface area contributed by atoms with Crippen LogP contribution in [0.25, 0.3) is 0 Å². The number of carbonyl (C=O) groups is 1. The van der Waals surface area contributed by atoms with E-state index in [2.05, 4.69) is 15.2 Å². The molecule has 0 saturated carbocycles. The highest BCUT2D eigenvalue weighted by molar-refractivity contribution is 7.08. The van der Waals surface area contributed by atoms with Gasteiger partial charge in [-0.15, -0.1) is 0 Å². The molecular formula is C14H15N3O2S. The Hall–Kier alpha value is -1.92. The average molecular weight is 289 g/mol. The first-order valence-corrected chi connectivity index (χ1v) is 7.39. The molecule has 1 saturated heterocycles. The Balaban J connectivity index is 1.65. The molecule has 5 nitrogen and oxygen atoms in total. The smallest absolute Gasteiger partial charge is 0.257 e. The maximum atomic E-state index is 11.9. The van der Waals surface area contributed by atoms with Gasteiger partial charge in [0, 0.05) is 18.5 Å². The van der Waals surface area contributed by atoms with Crippen LogP contribution in [-0.2, 0) is 4.74 Å². The van der Waals surface area contributed by atoms with Gasteiger partial charge in [0.05, 0.1) is 30.7 Å². The van der Waals surface area contributed by atoms with Gasteiger partial charge in [-0.2, -0.15) is 11.3 Å². The van der Waals surface area contributed by atoms with Crippen LogP contribution >= 0.6 is 11.3 Å². The van der Waals surface area contributed by atoms with Crippen molar-refractivity contribution in [1.82, 2.24) is 4.98 Å². The van der Waals surface area contributed by atoms with E-state index in [1.165, 1.54) is 11.3 Å². The van der Waals surface area contributed by atoms with Crippen molar-refractivity contribution in [3.05, 3.63) is 40.7 Å². The summed E-state index contributed by atoms with van der Waals surface area (Å²) in [6.45, 7) is 3.25. The van der Waals surface area contributed by atoms with Crippen molar-refractivity contribution in [2.24, 2.45) is 0 Å². The van der Waals surface area contributed by atoms with Crippen molar-refractivity contribution < 1.29 is 9.53 Å². The first-order chi connectivity index (χ1) is 9.83. The summed E-state index contributed by atoms with van der Waals surface area (Å²) in [4.78, 5) is 18.4. The van der Waals surface area contributed by atoms with Gasteiger partial charge in [-0.05, 0) is 23.6 Å². The lowest BCUT2D eigenvalue weighted by Crippen LogP contribution is -2.36. The van der Waals surface area contributed by atoms with Crippen molar-refractivity contribution in [3.63, 3.8) is 0 Å². The summed E-state index contributed by atoms with van der Waals surface area (Å²) in [5, 5.41) is 6.48. The van der Waals surface area contributed by atoms with Crippen LogP contribution in [0.2, 0.25) is 0 Å². The summed E-state index contributed by atoms with van der Waals surface area (Å²) >= 11 is 1.50. The molecule has 1 aliphatic heterocycles. The molecule has 2 aromatic heterocycles. The first-order valence-electron chi connectivity index (χ1n) is 6.45. The molecule has 20 heavy (non-hydrogen) atoms. The Morgan fingerprint density at radius 2 is 2.15 bits per heavy atom. The van der Waals surface area contributed by atoms with Gasteiger partial charge in [-0.1, -0.05) is 0 Å². The van der Waals surface area contributed by atoms with Gasteiger partial charge in [0.2, 0.25) is 0 Å². The molecule has 0 aliphatic carbocycles. The minimum absolute atomic E-state index is 0.127. The normalized spacial score (nSPS) is 15.1. The van der Waals surface area contributed by atoms with E-state index in [9.17, 15) is 4.79 Å². The van der Waals surface area contributed by atoms with Gasteiger partial charge in [0.15, 0.2) is 0 Å². The third-order valence-corrected chi connectivity index (χ3v) is 3.83. The van der Waals surface area contributed by atoms with Crippen molar-refractivity contribution in [2.45, 2.75) is 0 Å². The first kappa shape index (κ1) is 13.1. The van der Waals surface area contributed by atoms with Crippen LogP contribution < -0.4 is 10.2 Å². The lowest BCUT2D eigenvalue weighted by molar-refractivity contribution is 0.102. The zero-order valence-corrected chi connectivity index (χ0v) is 11.7. The third-order valence-electron chi connectivity index (χ3n) is 3.15. The van der Waals surface area contributed by atoms with E-state index in [-0.39, 0.29) is 5.91 Å². The lowest BCUT2D eigenvalue weighted by Gasteiger charge is -2.28. The molecular weight excluding hydrogens is 274 g/mol. The number of thiophene rings is 1. The predicted molar refractivity (Wildman–Crippen MR) is 79.5 cm³/mol. The van der Waals surface area contributed by atoms with Gasteiger partial charge in [-0.3, -0.25) is 4.79 Å². The quantitative estimate of drug-likeness (QED) is 0.941. The number of pyridine rings is 1. The second-order valence-electron chi connectivity index (χ2n) is 4.47. The second-order valence-corrected chi connectivity index (χ2v) is 5.25.